The molecule has 11 nitrogen and oxygen atoms in total. The van der Waals surface area contributed by atoms with Gasteiger partial charge in [-0.3, -0.25) is 20.2 Å². The summed E-state index contributed by atoms with van der Waals surface area (Å²) in [7, 11) is 1.31. The Morgan fingerprint density at radius 2 is 1.59 bits per heavy atom. The van der Waals surface area contributed by atoms with Crippen LogP contribution in [0.1, 0.15) is 17.2 Å². The van der Waals surface area contributed by atoms with E-state index in [9.17, 15) is 42.5 Å². The fraction of sp³-hybridized carbons (Fsp3) is 0.200. The number of aliphatic hydroxyl groups excluding tert-OH is 1. The first-order chi connectivity index (χ1) is 14.6. The molecule has 1 unspecified atom stereocenters. The predicted molar refractivity (Wildman–Crippen MR) is 112 cm³/mol. The first kappa shape index (κ1) is 29.5. The minimum absolute atomic E-state index is 0.0386. The minimum atomic E-state index is -3.19. The van der Waals surface area contributed by atoms with Gasteiger partial charge in [-0.15, -0.1) is 0 Å². The minimum Gasteiger partial charge on any atom is -0.381 e. The van der Waals surface area contributed by atoms with Crippen molar-refractivity contribution in [2.75, 3.05) is 12.8 Å². The number of pyridine rings is 2. The van der Waals surface area contributed by atoms with Crippen molar-refractivity contribution >= 4 is 49.0 Å². The van der Waals surface area contributed by atoms with E-state index in [0.717, 1.165) is 18.4 Å². The number of hydrogen-bond donors (Lipinski definition) is 1. The number of rotatable bonds is 5. The van der Waals surface area contributed by atoms with Gasteiger partial charge in [-0.2, -0.15) is 0 Å². The molecule has 17 heteroatoms. The van der Waals surface area contributed by atoms with Gasteiger partial charge in [-0.05, 0) is 12.1 Å². The molecule has 0 aromatic carbocycles. The monoisotopic (exact) mass is 536 g/mol. The lowest BCUT2D eigenvalue weighted by Crippen LogP contribution is -2.13. The quantitative estimate of drug-likeness (QED) is 0.260. The third-order valence-electron chi connectivity index (χ3n) is 2.81. The molecule has 2 aromatic rings. The molecule has 0 saturated heterocycles. The molecule has 32 heavy (non-hydrogen) atoms. The van der Waals surface area contributed by atoms with Gasteiger partial charge in [0.2, 0.25) is 21.8 Å². The fourth-order valence-electron chi connectivity index (χ4n) is 1.63. The van der Waals surface area contributed by atoms with E-state index in [1.54, 1.807) is 0 Å². The topological polar surface area (TPSA) is 166 Å². The molecule has 0 fully saturated rings. The van der Waals surface area contributed by atoms with E-state index < -0.39 is 48.3 Å². The van der Waals surface area contributed by atoms with Crippen LogP contribution in [-0.4, -0.2) is 46.1 Å². The molecule has 0 bridgehead atoms. The summed E-state index contributed by atoms with van der Waals surface area (Å²) in [6.45, 7) is -0.767. The largest absolute Gasteiger partial charge is 0.381 e. The van der Waals surface area contributed by atoms with Gasteiger partial charge in [0.1, 0.15) is 6.10 Å². The summed E-state index contributed by atoms with van der Waals surface area (Å²) in [4.78, 5) is 25.4. The van der Waals surface area contributed by atoms with Gasteiger partial charge in [0.05, 0.1) is 11.2 Å². The third kappa shape index (κ3) is 13.0. The Balaban J connectivity index is 0.000000499. The van der Waals surface area contributed by atoms with Crippen LogP contribution in [0.3, 0.4) is 0 Å². The van der Waals surface area contributed by atoms with Crippen molar-refractivity contribution in [3.8, 4) is 0 Å². The molecule has 2 aromatic heterocycles. The number of nitro groups is 2. The molecule has 0 aliphatic rings. The summed E-state index contributed by atoms with van der Waals surface area (Å²) < 4.78 is 44.9. The Labute approximate surface area is 194 Å². The maximum Gasteiger partial charge on any atom is 0.235 e. The highest BCUT2D eigenvalue weighted by molar-refractivity contribution is 8.13. The Bertz CT molecular complexity index is 1080. The zero-order valence-electron chi connectivity index (χ0n) is 15.7. The van der Waals surface area contributed by atoms with Gasteiger partial charge in [-0.1, -0.05) is 23.2 Å². The average molecular weight is 538 g/mol. The number of aliphatic hydroxyl groups is 1. The Hall–Kier alpha value is -2.52. The SMILES string of the molecule is CS(=O)(=O)Cl.O=[N+]([O-])/C=C/c1ccnc(Cl)c1F.O=[N+]([O-])CC(O)c1ccnc(Cl)c1F. The van der Waals surface area contributed by atoms with Gasteiger partial charge in [0.15, 0.2) is 21.9 Å². The molecule has 0 spiro atoms. The maximum absolute atomic E-state index is 13.1. The summed E-state index contributed by atoms with van der Waals surface area (Å²) in [6.07, 6.45) is 3.51. The number of aromatic nitrogens is 2. The van der Waals surface area contributed by atoms with E-state index in [1.807, 2.05) is 0 Å². The number of hydrogen-bond acceptors (Lipinski definition) is 9. The normalized spacial score (nSPS) is 11.6. The molecule has 2 heterocycles. The molecule has 2 rings (SSSR count). The lowest BCUT2D eigenvalue weighted by Gasteiger charge is -2.07. The van der Waals surface area contributed by atoms with Crippen molar-refractivity contribution in [2.45, 2.75) is 6.10 Å². The standard InChI is InChI=1S/C7H6ClFN2O3.C7H4ClFN2O2.CH3ClO2S/c8-7-6(9)4(1-2-10-7)5(12)3-11(13)14;8-7-6(9)5(1-3-10-7)2-4-11(12)13;1-5(2,3)4/h1-2,5,12H,3H2;1-4H;1H3/b;4-2+;. The molecule has 0 radical (unpaired) electrons. The number of nitrogens with zero attached hydrogens (tertiary/aromatic N) is 4. The highest BCUT2D eigenvalue weighted by atomic mass is 35.7. The maximum atomic E-state index is 13.1. The summed E-state index contributed by atoms with van der Waals surface area (Å²) in [5, 5.41) is 28.5. The van der Waals surface area contributed by atoms with Crippen molar-refractivity contribution < 1.29 is 32.2 Å². The zero-order valence-corrected chi connectivity index (χ0v) is 18.8. The van der Waals surface area contributed by atoms with E-state index in [2.05, 4.69) is 20.7 Å². The van der Waals surface area contributed by atoms with Crippen molar-refractivity contribution in [1.29, 1.82) is 0 Å². The lowest BCUT2D eigenvalue weighted by atomic mass is 10.1. The van der Waals surface area contributed by atoms with Gasteiger partial charge < -0.3 is 5.11 Å². The summed E-state index contributed by atoms with van der Waals surface area (Å²) in [6, 6.07) is 2.44. The van der Waals surface area contributed by atoms with Crippen molar-refractivity contribution in [2.24, 2.45) is 0 Å². The second-order valence-electron chi connectivity index (χ2n) is 5.32. The van der Waals surface area contributed by atoms with Crippen LogP contribution in [0, 0.1) is 31.9 Å². The highest BCUT2D eigenvalue weighted by Gasteiger charge is 2.20. The van der Waals surface area contributed by atoms with Crippen LogP contribution >= 0.6 is 33.9 Å². The lowest BCUT2D eigenvalue weighted by molar-refractivity contribution is -0.491. The second kappa shape index (κ2) is 13.8. The van der Waals surface area contributed by atoms with E-state index >= 15 is 0 Å². The molecule has 0 amide bonds. The van der Waals surface area contributed by atoms with Crippen LogP contribution in [-0.2, 0) is 9.05 Å². The van der Waals surface area contributed by atoms with Crippen LogP contribution in [0.5, 0.6) is 0 Å². The van der Waals surface area contributed by atoms with E-state index in [1.165, 1.54) is 18.5 Å². The van der Waals surface area contributed by atoms with E-state index in [-0.39, 0.29) is 16.3 Å². The molecule has 0 aliphatic carbocycles. The van der Waals surface area contributed by atoms with Gasteiger partial charge >= 0.3 is 0 Å². The van der Waals surface area contributed by atoms with Gasteiger partial charge in [0, 0.05) is 45.2 Å². The van der Waals surface area contributed by atoms with E-state index in [0.29, 0.717) is 6.20 Å². The van der Waals surface area contributed by atoms with Crippen LogP contribution in [0.4, 0.5) is 8.78 Å². The molecule has 0 saturated carbocycles. The Morgan fingerprint density at radius 1 is 1.12 bits per heavy atom. The van der Waals surface area contributed by atoms with Crippen LogP contribution in [0.15, 0.2) is 30.7 Å². The van der Waals surface area contributed by atoms with Crippen molar-refractivity contribution in [3.05, 3.63) is 84.0 Å². The average Bonchev–Trinajstić information content (AvgIpc) is 2.63. The Kier molecular flexibility index (Phi) is 12.7. The molecule has 1 atom stereocenters. The molecular formula is C15H13Cl3F2N4O7S. The summed E-state index contributed by atoms with van der Waals surface area (Å²) in [5.74, 6) is -1.69. The van der Waals surface area contributed by atoms with Crippen LogP contribution < -0.4 is 0 Å². The highest BCUT2D eigenvalue weighted by Crippen LogP contribution is 2.21. The first-order valence-corrected chi connectivity index (χ1v) is 11.2. The first-order valence-electron chi connectivity index (χ1n) is 7.74. The molecule has 176 valence electrons. The third-order valence-corrected chi connectivity index (χ3v) is 3.34. The molecule has 0 aliphatic heterocycles. The number of halogens is 5. The predicted octanol–water partition coefficient (Wildman–Crippen LogP) is 3.49. The molecular weight excluding hydrogens is 525 g/mol. The summed E-state index contributed by atoms with van der Waals surface area (Å²) >= 11 is 10.7. The smallest absolute Gasteiger partial charge is 0.235 e. The van der Waals surface area contributed by atoms with Crippen LogP contribution in [0.2, 0.25) is 10.3 Å². The Morgan fingerprint density at radius 3 is 2.06 bits per heavy atom. The van der Waals surface area contributed by atoms with Crippen molar-refractivity contribution in [3.63, 3.8) is 0 Å². The van der Waals surface area contributed by atoms with Gasteiger partial charge in [-0.25, -0.2) is 27.2 Å². The van der Waals surface area contributed by atoms with Gasteiger partial charge in [0.25, 0.3) is 0 Å². The van der Waals surface area contributed by atoms with Crippen LogP contribution in [0.25, 0.3) is 6.08 Å². The molecule has 1 N–H and O–H groups in total. The fourth-order valence-corrected chi connectivity index (χ4v) is 1.96. The van der Waals surface area contributed by atoms with Crippen molar-refractivity contribution in [1.82, 2.24) is 9.97 Å². The summed E-state index contributed by atoms with van der Waals surface area (Å²) in [5.41, 5.74) is -0.182. The van der Waals surface area contributed by atoms with E-state index in [4.69, 9.17) is 23.2 Å². The zero-order chi connectivity index (χ0) is 25.1. The second-order valence-corrected chi connectivity index (χ2v) is 9.08.